The van der Waals surface area contributed by atoms with Crippen molar-refractivity contribution in [3.63, 3.8) is 0 Å². The van der Waals surface area contributed by atoms with Gasteiger partial charge in [-0.1, -0.05) is 24.3 Å². The highest BCUT2D eigenvalue weighted by atomic mass is 16.5. The molecule has 0 heterocycles. The molecule has 0 bridgehead atoms. The summed E-state index contributed by atoms with van der Waals surface area (Å²) in [4.78, 5) is 0. The number of para-hydroxylation sites is 1. The maximum Gasteiger partial charge on any atom is 0.122 e. The summed E-state index contributed by atoms with van der Waals surface area (Å²) in [6.45, 7) is 6.82. The van der Waals surface area contributed by atoms with Crippen molar-refractivity contribution < 1.29 is 9.47 Å². The van der Waals surface area contributed by atoms with Crippen LogP contribution in [0.25, 0.3) is 0 Å². The molecular formula is C14H21NO2. The summed E-state index contributed by atoms with van der Waals surface area (Å²) in [6, 6.07) is 8.06. The predicted molar refractivity (Wildman–Crippen MR) is 70.6 cm³/mol. The van der Waals surface area contributed by atoms with Gasteiger partial charge in [0.1, 0.15) is 12.4 Å². The van der Waals surface area contributed by atoms with E-state index in [2.05, 4.69) is 18.0 Å². The SMILES string of the molecule is C=CCc1ccccc1OCCNCCOC. The molecule has 0 aromatic heterocycles. The maximum absolute atomic E-state index is 5.72. The molecule has 0 amide bonds. The first-order valence-corrected chi connectivity index (χ1v) is 5.89. The summed E-state index contributed by atoms with van der Waals surface area (Å²) in [5, 5.41) is 3.24. The van der Waals surface area contributed by atoms with Gasteiger partial charge in [0.2, 0.25) is 0 Å². The van der Waals surface area contributed by atoms with E-state index in [-0.39, 0.29) is 0 Å². The zero-order valence-electron chi connectivity index (χ0n) is 10.4. The van der Waals surface area contributed by atoms with E-state index in [0.717, 1.165) is 31.9 Å². The van der Waals surface area contributed by atoms with Gasteiger partial charge in [0.05, 0.1) is 6.61 Å². The first kappa shape index (κ1) is 13.7. The van der Waals surface area contributed by atoms with Crippen LogP contribution in [0.15, 0.2) is 36.9 Å². The Balaban J connectivity index is 2.28. The fourth-order valence-electron chi connectivity index (χ4n) is 1.50. The van der Waals surface area contributed by atoms with Crippen molar-refractivity contribution in [3.05, 3.63) is 42.5 Å². The normalized spacial score (nSPS) is 10.2. The minimum Gasteiger partial charge on any atom is -0.492 e. The molecule has 0 saturated heterocycles. The zero-order chi connectivity index (χ0) is 12.3. The lowest BCUT2D eigenvalue weighted by Gasteiger charge is -2.10. The van der Waals surface area contributed by atoms with Crippen molar-refractivity contribution in [1.82, 2.24) is 5.32 Å². The topological polar surface area (TPSA) is 30.5 Å². The summed E-state index contributed by atoms with van der Waals surface area (Å²) in [5.74, 6) is 0.945. The van der Waals surface area contributed by atoms with Gasteiger partial charge in [-0.25, -0.2) is 0 Å². The molecule has 0 aliphatic rings. The summed E-state index contributed by atoms with van der Waals surface area (Å²) >= 11 is 0. The lowest BCUT2D eigenvalue weighted by Crippen LogP contribution is -2.24. The van der Waals surface area contributed by atoms with Crippen LogP contribution in [0.3, 0.4) is 0 Å². The van der Waals surface area contributed by atoms with Crippen LogP contribution in [0.4, 0.5) is 0 Å². The van der Waals surface area contributed by atoms with Gasteiger partial charge in [0.15, 0.2) is 0 Å². The molecule has 1 rings (SSSR count). The Kier molecular flexibility index (Phi) is 7.11. The molecule has 0 aliphatic carbocycles. The molecule has 1 aromatic rings. The summed E-state index contributed by atoms with van der Waals surface area (Å²) in [5.41, 5.74) is 1.18. The smallest absolute Gasteiger partial charge is 0.122 e. The lowest BCUT2D eigenvalue weighted by atomic mass is 10.1. The molecule has 0 unspecified atom stereocenters. The van der Waals surface area contributed by atoms with Crippen LogP contribution in [0.1, 0.15) is 5.56 Å². The number of hydrogen-bond acceptors (Lipinski definition) is 3. The molecule has 0 aliphatic heterocycles. The van der Waals surface area contributed by atoms with E-state index in [0.29, 0.717) is 6.61 Å². The Morgan fingerprint density at radius 3 is 2.76 bits per heavy atom. The van der Waals surface area contributed by atoms with E-state index in [1.54, 1.807) is 7.11 Å². The zero-order valence-corrected chi connectivity index (χ0v) is 10.4. The second kappa shape index (κ2) is 8.79. The lowest BCUT2D eigenvalue weighted by molar-refractivity contribution is 0.196. The minimum atomic E-state index is 0.665. The molecular weight excluding hydrogens is 214 g/mol. The number of methoxy groups -OCH3 is 1. The predicted octanol–water partition coefficient (Wildman–Crippen LogP) is 2.03. The van der Waals surface area contributed by atoms with E-state index in [9.17, 15) is 0 Å². The summed E-state index contributed by atoms with van der Waals surface area (Å²) in [7, 11) is 1.70. The molecule has 0 radical (unpaired) electrons. The van der Waals surface area contributed by atoms with Gasteiger partial charge in [0.25, 0.3) is 0 Å². The van der Waals surface area contributed by atoms with E-state index in [1.807, 2.05) is 24.3 Å². The van der Waals surface area contributed by atoms with Crippen LogP contribution in [0.2, 0.25) is 0 Å². The number of ether oxygens (including phenoxy) is 2. The molecule has 1 N–H and O–H groups in total. The summed E-state index contributed by atoms with van der Waals surface area (Å²) in [6.07, 6.45) is 2.73. The maximum atomic E-state index is 5.72. The Hall–Kier alpha value is -1.32. The van der Waals surface area contributed by atoms with Gasteiger partial charge in [-0.05, 0) is 18.1 Å². The fourth-order valence-corrected chi connectivity index (χ4v) is 1.50. The van der Waals surface area contributed by atoms with Crippen molar-refractivity contribution in [3.8, 4) is 5.75 Å². The van der Waals surface area contributed by atoms with Crippen LogP contribution in [-0.2, 0) is 11.2 Å². The highest BCUT2D eigenvalue weighted by Gasteiger charge is 2.00. The molecule has 0 atom stereocenters. The van der Waals surface area contributed by atoms with Crippen LogP contribution in [0, 0.1) is 0 Å². The molecule has 1 aromatic carbocycles. The summed E-state index contributed by atoms with van der Waals surface area (Å²) < 4.78 is 10.7. The van der Waals surface area contributed by atoms with Crippen molar-refractivity contribution in [2.75, 3.05) is 33.4 Å². The second-order valence-electron chi connectivity index (χ2n) is 3.69. The average Bonchev–Trinajstić information content (AvgIpc) is 2.36. The van der Waals surface area contributed by atoms with Gasteiger partial charge in [-0.15, -0.1) is 6.58 Å². The Labute approximate surface area is 103 Å². The third-order valence-electron chi connectivity index (χ3n) is 2.36. The molecule has 0 spiro atoms. The van der Waals surface area contributed by atoms with Crippen molar-refractivity contribution in [2.24, 2.45) is 0 Å². The van der Waals surface area contributed by atoms with E-state index >= 15 is 0 Å². The molecule has 0 saturated carbocycles. The average molecular weight is 235 g/mol. The minimum absolute atomic E-state index is 0.665. The third-order valence-corrected chi connectivity index (χ3v) is 2.36. The second-order valence-corrected chi connectivity index (χ2v) is 3.69. The first-order valence-electron chi connectivity index (χ1n) is 5.89. The standard InChI is InChI=1S/C14H21NO2/c1-3-6-13-7-4-5-8-14(13)17-12-10-15-9-11-16-2/h3-5,7-8,15H,1,6,9-12H2,2H3. The van der Waals surface area contributed by atoms with Gasteiger partial charge in [-0.3, -0.25) is 0 Å². The molecule has 3 heteroatoms. The quantitative estimate of drug-likeness (QED) is 0.525. The van der Waals surface area contributed by atoms with E-state index < -0.39 is 0 Å². The molecule has 17 heavy (non-hydrogen) atoms. The number of nitrogens with one attached hydrogen (secondary N) is 1. The van der Waals surface area contributed by atoms with Gasteiger partial charge in [0, 0.05) is 20.2 Å². The number of hydrogen-bond donors (Lipinski definition) is 1. The van der Waals surface area contributed by atoms with Gasteiger partial charge >= 0.3 is 0 Å². The van der Waals surface area contributed by atoms with Gasteiger partial charge < -0.3 is 14.8 Å². The third kappa shape index (κ3) is 5.52. The van der Waals surface area contributed by atoms with Crippen LogP contribution in [0.5, 0.6) is 5.75 Å². The highest BCUT2D eigenvalue weighted by molar-refractivity contribution is 5.34. The van der Waals surface area contributed by atoms with Crippen molar-refractivity contribution in [2.45, 2.75) is 6.42 Å². The molecule has 94 valence electrons. The largest absolute Gasteiger partial charge is 0.492 e. The monoisotopic (exact) mass is 235 g/mol. The fraction of sp³-hybridized carbons (Fsp3) is 0.429. The molecule has 3 nitrogen and oxygen atoms in total. The van der Waals surface area contributed by atoms with Crippen molar-refractivity contribution in [1.29, 1.82) is 0 Å². The van der Waals surface area contributed by atoms with Gasteiger partial charge in [-0.2, -0.15) is 0 Å². The van der Waals surface area contributed by atoms with Crippen molar-refractivity contribution >= 4 is 0 Å². The van der Waals surface area contributed by atoms with E-state index in [1.165, 1.54) is 5.56 Å². The van der Waals surface area contributed by atoms with Crippen LogP contribution >= 0.6 is 0 Å². The Bertz CT molecular complexity index is 326. The number of allylic oxidation sites excluding steroid dienone is 1. The number of benzene rings is 1. The number of rotatable bonds is 9. The highest BCUT2D eigenvalue weighted by Crippen LogP contribution is 2.18. The van der Waals surface area contributed by atoms with E-state index in [4.69, 9.17) is 9.47 Å². The van der Waals surface area contributed by atoms with Crippen LogP contribution < -0.4 is 10.1 Å². The Morgan fingerprint density at radius 2 is 2.00 bits per heavy atom. The first-order chi connectivity index (χ1) is 8.38. The Morgan fingerprint density at radius 1 is 1.24 bits per heavy atom. The van der Waals surface area contributed by atoms with Crippen LogP contribution in [-0.4, -0.2) is 33.4 Å². The molecule has 0 fully saturated rings.